The van der Waals surface area contributed by atoms with Crippen molar-refractivity contribution in [2.75, 3.05) is 0 Å². The lowest BCUT2D eigenvalue weighted by Gasteiger charge is -2.19. The van der Waals surface area contributed by atoms with Crippen molar-refractivity contribution in [1.82, 2.24) is 0 Å². The number of rotatable bonds is 4. The van der Waals surface area contributed by atoms with Gasteiger partial charge < -0.3 is 15.7 Å². The third-order valence-electron chi connectivity index (χ3n) is 2.68. The van der Waals surface area contributed by atoms with Crippen LogP contribution in [0.25, 0.3) is 0 Å². The first-order valence-electron chi connectivity index (χ1n) is 5.51. The van der Waals surface area contributed by atoms with E-state index in [9.17, 15) is 4.39 Å². The van der Waals surface area contributed by atoms with E-state index in [0.29, 0.717) is 0 Å². The predicted octanol–water partition coefficient (Wildman–Crippen LogP) is 3.11. The van der Waals surface area contributed by atoms with Crippen LogP contribution in [0.15, 0.2) is 21.8 Å². The zero-order valence-corrected chi connectivity index (χ0v) is 12.0. The zero-order valence-electron chi connectivity index (χ0n) is 10.4. The van der Waals surface area contributed by atoms with Gasteiger partial charge in [0.2, 0.25) is 0 Å². The second-order valence-electron chi connectivity index (χ2n) is 4.29. The van der Waals surface area contributed by atoms with E-state index in [0.717, 1.165) is 0 Å². The molecule has 1 aromatic carbocycles. The van der Waals surface area contributed by atoms with Gasteiger partial charge in [-0.25, -0.2) is 4.39 Å². The number of hydrogen-bond acceptors (Lipinski definition) is 3. The molecule has 100 valence electrons. The largest absolute Gasteiger partial charge is 0.487 e. The van der Waals surface area contributed by atoms with Crippen molar-refractivity contribution in [1.29, 1.82) is 0 Å². The van der Waals surface area contributed by atoms with Crippen molar-refractivity contribution in [2.45, 2.75) is 26.9 Å². The molecule has 6 heteroatoms. The topological polar surface area (TPSA) is 67.8 Å². The minimum atomic E-state index is -0.563. The Morgan fingerprint density at radius 2 is 2.06 bits per heavy atom. The molecule has 0 saturated heterocycles. The summed E-state index contributed by atoms with van der Waals surface area (Å²) < 4.78 is 19.6. The summed E-state index contributed by atoms with van der Waals surface area (Å²) in [5.41, 5.74) is 5.70. The maximum Gasteiger partial charge on any atom is 0.179 e. The lowest BCUT2D eigenvalue weighted by molar-refractivity contribution is 0.163. The highest BCUT2D eigenvalue weighted by Gasteiger charge is 2.17. The summed E-state index contributed by atoms with van der Waals surface area (Å²) in [4.78, 5) is 0. The molecule has 18 heavy (non-hydrogen) atoms. The quantitative estimate of drug-likeness (QED) is 0.388. The fraction of sp³-hybridized carbons (Fsp3) is 0.417. The van der Waals surface area contributed by atoms with Crippen LogP contribution in [0.3, 0.4) is 0 Å². The standard InChI is InChI=1S/C12H16BrFN2O2/c1-6(2)7(3)18-9-5-4-8(12(15)16-17)10(13)11(9)14/h4-7,17H,1-3H3,(H2,15,16). The van der Waals surface area contributed by atoms with Gasteiger partial charge in [-0.05, 0) is 40.9 Å². The van der Waals surface area contributed by atoms with Gasteiger partial charge in [-0.1, -0.05) is 19.0 Å². The fourth-order valence-electron chi connectivity index (χ4n) is 1.21. The SMILES string of the molecule is CC(C)C(C)Oc1ccc(/C(N)=N/O)c(Br)c1F. The van der Waals surface area contributed by atoms with Crippen LogP contribution in [0.2, 0.25) is 0 Å². The first-order chi connectivity index (χ1) is 8.38. The highest BCUT2D eigenvalue weighted by Crippen LogP contribution is 2.29. The molecule has 3 N–H and O–H groups in total. The first-order valence-corrected chi connectivity index (χ1v) is 6.30. The molecule has 0 aliphatic carbocycles. The van der Waals surface area contributed by atoms with E-state index in [-0.39, 0.29) is 33.6 Å². The van der Waals surface area contributed by atoms with Crippen molar-refractivity contribution in [3.05, 3.63) is 28.0 Å². The third kappa shape index (κ3) is 3.13. The van der Waals surface area contributed by atoms with Gasteiger partial charge in [-0.3, -0.25) is 0 Å². The molecule has 0 radical (unpaired) electrons. The van der Waals surface area contributed by atoms with Crippen molar-refractivity contribution in [2.24, 2.45) is 16.8 Å². The molecule has 1 atom stereocenters. The average molecular weight is 319 g/mol. The van der Waals surface area contributed by atoms with Crippen molar-refractivity contribution in [3.63, 3.8) is 0 Å². The predicted molar refractivity (Wildman–Crippen MR) is 71.5 cm³/mol. The summed E-state index contributed by atoms with van der Waals surface area (Å²) in [5.74, 6) is -0.319. The number of nitrogens with two attached hydrogens (primary N) is 1. The summed E-state index contributed by atoms with van der Waals surface area (Å²) in [5, 5.41) is 11.4. The van der Waals surface area contributed by atoms with E-state index in [1.54, 1.807) is 0 Å². The number of oxime groups is 1. The molecule has 0 aromatic heterocycles. The Kier molecular flexibility index (Phi) is 4.95. The zero-order chi connectivity index (χ0) is 13.9. The molecular weight excluding hydrogens is 303 g/mol. The van der Waals surface area contributed by atoms with Crippen LogP contribution in [0.1, 0.15) is 26.3 Å². The van der Waals surface area contributed by atoms with Gasteiger partial charge in [-0.2, -0.15) is 0 Å². The molecule has 0 spiro atoms. The second-order valence-corrected chi connectivity index (χ2v) is 5.08. The summed E-state index contributed by atoms with van der Waals surface area (Å²) >= 11 is 3.07. The Morgan fingerprint density at radius 3 is 2.56 bits per heavy atom. The lowest BCUT2D eigenvalue weighted by atomic mass is 10.1. The lowest BCUT2D eigenvalue weighted by Crippen LogP contribution is -2.20. The van der Waals surface area contributed by atoms with Crippen LogP contribution >= 0.6 is 15.9 Å². The average Bonchev–Trinajstić information content (AvgIpc) is 2.34. The molecule has 1 unspecified atom stereocenters. The summed E-state index contributed by atoms with van der Waals surface area (Å²) in [7, 11) is 0. The van der Waals surface area contributed by atoms with Gasteiger partial charge in [0, 0.05) is 5.56 Å². The van der Waals surface area contributed by atoms with Gasteiger partial charge in [0.15, 0.2) is 17.4 Å². The van der Waals surface area contributed by atoms with E-state index >= 15 is 0 Å². The summed E-state index contributed by atoms with van der Waals surface area (Å²) in [6.45, 7) is 5.85. The van der Waals surface area contributed by atoms with Gasteiger partial charge in [0.1, 0.15) is 0 Å². The number of nitrogens with zero attached hydrogens (tertiary/aromatic N) is 1. The van der Waals surface area contributed by atoms with Crippen molar-refractivity contribution < 1.29 is 14.3 Å². The number of benzene rings is 1. The number of halogens is 2. The fourth-order valence-corrected chi connectivity index (χ4v) is 1.74. The molecule has 4 nitrogen and oxygen atoms in total. The second kappa shape index (κ2) is 6.04. The molecule has 0 heterocycles. The monoisotopic (exact) mass is 318 g/mol. The van der Waals surface area contributed by atoms with Crippen LogP contribution in [0.5, 0.6) is 5.75 Å². The molecule has 1 aromatic rings. The van der Waals surface area contributed by atoms with Gasteiger partial charge in [0.25, 0.3) is 0 Å². The molecule has 0 saturated carbocycles. The first kappa shape index (κ1) is 14.8. The number of ether oxygens (including phenoxy) is 1. The Balaban J connectivity index is 3.09. The Morgan fingerprint density at radius 1 is 1.44 bits per heavy atom. The van der Waals surface area contributed by atoms with Crippen LogP contribution in [-0.2, 0) is 0 Å². The molecule has 0 aliphatic rings. The maximum absolute atomic E-state index is 14.0. The smallest absolute Gasteiger partial charge is 0.179 e. The van der Waals surface area contributed by atoms with E-state index in [4.69, 9.17) is 15.7 Å². The molecule has 0 bridgehead atoms. The van der Waals surface area contributed by atoms with Crippen LogP contribution in [0.4, 0.5) is 4.39 Å². The molecule has 0 fully saturated rings. The van der Waals surface area contributed by atoms with Crippen molar-refractivity contribution >= 4 is 21.8 Å². The highest BCUT2D eigenvalue weighted by molar-refractivity contribution is 9.10. The molecular formula is C12H16BrFN2O2. The third-order valence-corrected chi connectivity index (χ3v) is 3.46. The van der Waals surface area contributed by atoms with Gasteiger partial charge in [0.05, 0.1) is 10.6 Å². The van der Waals surface area contributed by atoms with E-state index < -0.39 is 5.82 Å². The van der Waals surface area contributed by atoms with Gasteiger partial charge >= 0.3 is 0 Å². The van der Waals surface area contributed by atoms with Crippen LogP contribution in [0, 0.1) is 11.7 Å². The minimum absolute atomic E-state index is 0.110. The molecule has 0 aliphatic heterocycles. The maximum atomic E-state index is 14.0. The normalized spacial score (nSPS) is 13.8. The van der Waals surface area contributed by atoms with E-state index in [1.165, 1.54) is 12.1 Å². The molecule has 0 amide bonds. The number of amidine groups is 1. The summed E-state index contributed by atoms with van der Waals surface area (Å²) in [6, 6.07) is 3.00. The Labute approximate surface area is 114 Å². The Hall–Kier alpha value is -1.30. The van der Waals surface area contributed by atoms with Crippen LogP contribution in [-0.4, -0.2) is 17.1 Å². The highest BCUT2D eigenvalue weighted by atomic mass is 79.9. The van der Waals surface area contributed by atoms with Gasteiger partial charge in [-0.15, -0.1) is 0 Å². The van der Waals surface area contributed by atoms with E-state index in [1.807, 2.05) is 20.8 Å². The van der Waals surface area contributed by atoms with Crippen molar-refractivity contribution in [3.8, 4) is 5.75 Å². The summed E-state index contributed by atoms with van der Waals surface area (Å²) in [6.07, 6.45) is -0.110. The van der Waals surface area contributed by atoms with Crippen LogP contribution < -0.4 is 10.5 Å². The molecule has 1 rings (SSSR count). The number of hydrogen-bond donors (Lipinski definition) is 2. The minimum Gasteiger partial charge on any atom is -0.487 e. The van der Waals surface area contributed by atoms with E-state index in [2.05, 4.69) is 21.1 Å². The Bertz CT molecular complexity index is 464.